The fourth-order valence-electron chi connectivity index (χ4n) is 3.76. The minimum Gasteiger partial charge on any atom is -0.373 e. The molecule has 0 bridgehead atoms. The third-order valence-corrected chi connectivity index (χ3v) is 5.01. The van der Waals surface area contributed by atoms with E-state index in [1.54, 1.807) is 0 Å². The molecule has 0 aromatic heterocycles. The number of hydrogen-bond donors (Lipinski definition) is 0. The Bertz CT molecular complexity index is 652. The molecular formula is C20H23NO. The lowest BCUT2D eigenvalue weighted by Gasteiger charge is -2.31. The Morgan fingerprint density at radius 2 is 1.68 bits per heavy atom. The monoisotopic (exact) mass is 293 g/mol. The maximum atomic E-state index is 6.04. The quantitative estimate of drug-likeness (QED) is 0.854. The van der Waals surface area contributed by atoms with Crippen LogP contribution in [0.25, 0.3) is 0 Å². The van der Waals surface area contributed by atoms with E-state index in [4.69, 9.17) is 4.74 Å². The molecule has 2 aliphatic rings. The first-order valence-electron chi connectivity index (χ1n) is 8.39. The molecule has 2 heteroatoms. The van der Waals surface area contributed by atoms with Crippen LogP contribution in [0.15, 0.2) is 48.5 Å². The second-order valence-electron chi connectivity index (χ2n) is 6.39. The summed E-state index contributed by atoms with van der Waals surface area (Å²) >= 11 is 0. The van der Waals surface area contributed by atoms with Gasteiger partial charge in [0.2, 0.25) is 0 Å². The average Bonchev–Trinajstić information content (AvgIpc) is 2.60. The van der Waals surface area contributed by atoms with E-state index in [9.17, 15) is 0 Å². The third kappa shape index (κ3) is 2.81. The van der Waals surface area contributed by atoms with Crippen LogP contribution in [0.5, 0.6) is 0 Å². The molecule has 2 nitrogen and oxygen atoms in total. The molecule has 2 heterocycles. The van der Waals surface area contributed by atoms with Crippen molar-refractivity contribution in [2.45, 2.75) is 31.9 Å². The van der Waals surface area contributed by atoms with Gasteiger partial charge in [-0.3, -0.25) is 4.90 Å². The number of benzene rings is 2. The van der Waals surface area contributed by atoms with Crippen molar-refractivity contribution in [3.8, 4) is 0 Å². The molecule has 114 valence electrons. The van der Waals surface area contributed by atoms with Crippen LogP contribution in [0, 0.1) is 0 Å². The van der Waals surface area contributed by atoms with Crippen LogP contribution < -0.4 is 0 Å². The number of rotatable bonds is 3. The van der Waals surface area contributed by atoms with Gasteiger partial charge in [-0.05, 0) is 41.5 Å². The van der Waals surface area contributed by atoms with Crippen molar-refractivity contribution in [3.63, 3.8) is 0 Å². The summed E-state index contributed by atoms with van der Waals surface area (Å²) in [4.78, 5) is 2.57. The Morgan fingerprint density at radius 1 is 0.909 bits per heavy atom. The molecule has 2 aromatic carbocycles. The van der Waals surface area contributed by atoms with E-state index in [1.165, 1.54) is 35.2 Å². The van der Waals surface area contributed by atoms with Crippen LogP contribution in [0.2, 0.25) is 0 Å². The van der Waals surface area contributed by atoms with E-state index in [1.807, 2.05) is 0 Å². The topological polar surface area (TPSA) is 12.5 Å². The van der Waals surface area contributed by atoms with Gasteiger partial charge >= 0.3 is 0 Å². The summed E-state index contributed by atoms with van der Waals surface area (Å²) in [7, 11) is 0. The zero-order valence-electron chi connectivity index (χ0n) is 13.0. The summed E-state index contributed by atoms with van der Waals surface area (Å²) in [6.07, 6.45) is 3.61. The van der Waals surface area contributed by atoms with Crippen molar-refractivity contribution in [1.82, 2.24) is 4.90 Å². The van der Waals surface area contributed by atoms with Gasteiger partial charge in [0.15, 0.2) is 0 Å². The average molecular weight is 293 g/mol. The first-order chi connectivity index (χ1) is 10.9. The van der Waals surface area contributed by atoms with Gasteiger partial charge in [-0.1, -0.05) is 48.5 Å². The predicted octanol–water partition coefficient (Wildman–Crippen LogP) is 3.75. The van der Waals surface area contributed by atoms with Crippen molar-refractivity contribution in [2.24, 2.45) is 0 Å². The Balaban J connectivity index is 1.40. The number of ether oxygens (including phenoxy) is 1. The van der Waals surface area contributed by atoms with Gasteiger partial charge in [-0.2, -0.15) is 0 Å². The van der Waals surface area contributed by atoms with Crippen molar-refractivity contribution >= 4 is 0 Å². The van der Waals surface area contributed by atoms with E-state index in [0.29, 0.717) is 0 Å². The van der Waals surface area contributed by atoms with E-state index in [2.05, 4.69) is 53.4 Å². The number of hydrogen-bond acceptors (Lipinski definition) is 2. The van der Waals surface area contributed by atoms with Crippen LogP contribution in [-0.2, 0) is 24.1 Å². The Labute approximate surface area is 132 Å². The summed E-state index contributed by atoms with van der Waals surface area (Å²) in [6, 6.07) is 17.6. The molecule has 1 unspecified atom stereocenters. The second-order valence-corrected chi connectivity index (χ2v) is 6.39. The molecular weight excluding hydrogens is 270 g/mol. The highest BCUT2D eigenvalue weighted by Gasteiger charge is 2.22. The summed E-state index contributed by atoms with van der Waals surface area (Å²) in [5.74, 6) is 0. The van der Waals surface area contributed by atoms with Crippen LogP contribution in [-0.4, -0.2) is 24.6 Å². The zero-order valence-corrected chi connectivity index (χ0v) is 13.0. The first kappa shape index (κ1) is 14.0. The molecule has 4 rings (SSSR count). The Kier molecular flexibility index (Phi) is 3.96. The fraction of sp³-hybridized carbons (Fsp3) is 0.400. The molecule has 0 saturated carbocycles. The predicted molar refractivity (Wildman–Crippen MR) is 88.9 cm³/mol. The smallest absolute Gasteiger partial charge is 0.0839 e. The molecule has 0 saturated heterocycles. The van der Waals surface area contributed by atoms with Crippen molar-refractivity contribution < 1.29 is 4.74 Å². The molecule has 0 spiro atoms. The second kappa shape index (κ2) is 6.23. The van der Waals surface area contributed by atoms with Crippen LogP contribution >= 0.6 is 0 Å². The first-order valence-corrected chi connectivity index (χ1v) is 8.39. The highest BCUT2D eigenvalue weighted by molar-refractivity contribution is 5.31. The lowest BCUT2D eigenvalue weighted by molar-refractivity contribution is 0.0283. The summed E-state index contributed by atoms with van der Waals surface area (Å²) in [5.41, 5.74) is 5.91. The van der Waals surface area contributed by atoms with Gasteiger partial charge < -0.3 is 4.74 Å². The van der Waals surface area contributed by atoms with E-state index in [0.717, 1.165) is 32.5 Å². The van der Waals surface area contributed by atoms with E-state index < -0.39 is 0 Å². The normalized spacial score (nSPS) is 21.2. The molecule has 0 amide bonds. The van der Waals surface area contributed by atoms with Gasteiger partial charge in [0.05, 0.1) is 12.7 Å². The molecule has 2 aliphatic heterocycles. The molecule has 0 radical (unpaired) electrons. The lowest BCUT2D eigenvalue weighted by Crippen LogP contribution is -2.32. The van der Waals surface area contributed by atoms with Gasteiger partial charge in [0, 0.05) is 19.6 Å². The minimum atomic E-state index is 0.280. The molecule has 0 fully saturated rings. The fourth-order valence-corrected chi connectivity index (χ4v) is 3.76. The summed E-state index contributed by atoms with van der Waals surface area (Å²) < 4.78 is 6.04. The maximum absolute atomic E-state index is 6.04. The SMILES string of the molecule is c1ccc2c(c1)CCN(CCC1OCCc3ccccc31)C2. The van der Waals surface area contributed by atoms with E-state index in [-0.39, 0.29) is 6.10 Å². The highest BCUT2D eigenvalue weighted by Crippen LogP contribution is 2.30. The van der Waals surface area contributed by atoms with Gasteiger partial charge in [-0.25, -0.2) is 0 Å². The molecule has 2 aromatic rings. The Hall–Kier alpha value is -1.64. The van der Waals surface area contributed by atoms with Crippen molar-refractivity contribution in [2.75, 3.05) is 19.7 Å². The summed E-state index contributed by atoms with van der Waals surface area (Å²) in [6.45, 7) is 4.24. The number of fused-ring (bicyclic) bond motifs is 2. The van der Waals surface area contributed by atoms with Crippen LogP contribution in [0.4, 0.5) is 0 Å². The third-order valence-electron chi connectivity index (χ3n) is 5.01. The summed E-state index contributed by atoms with van der Waals surface area (Å²) in [5, 5.41) is 0. The van der Waals surface area contributed by atoms with E-state index >= 15 is 0 Å². The number of nitrogens with zero attached hydrogens (tertiary/aromatic N) is 1. The molecule has 22 heavy (non-hydrogen) atoms. The standard InChI is InChI=1S/C20H23NO/c1-2-7-18-15-21(12-9-16(18)5-1)13-10-20-19-8-4-3-6-17(19)11-14-22-20/h1-8,20H,9-15H2. The highest BCUT2D eigenvalue weighted by atomic mass is 16.5. The zero-order chi connectivity index (χ0) is 14.8. The molecule has 0 aliphatic carbocycles. The Morgan fingerprint density at radius 3 is 2.59 bits per heavy atom. The molecule has 1 atom stereocenters. The van der Waals surface area contributed by atoms with Crippen LogP contribution in [0.3, 0.4) is 0 Å². The maximum Gasteiger partial charge on any atom is 0.0839 e. The lowest BCUT2D eigenvalue weighted by atomic mass is 9.95. The minimum absolute atomic E-state index is 0.280. The van der Waals surface area contributed by atoms with Gasteiger partial charge in [0.25, 0.3) is 0 Å². The van der Waals surface area contributed by atoms with Crippen molar-refractivity contribution in [1.29, 1.82) is 0 Å². The van der Waals surface area contributed by atoms with Crippen molar-refractivity contribution in [3.05, 3.63) is 70.8 Å². The van der Waals surface area contributed by atoms with Gasteiger partial charge in [0.1, 0.15) is 0 Å². The largest absolute Gasteiger partial charge is 0.373 e. The van der Waals surface area contributed by atoms with Crippen LogP contribution in [0.1, 0.15) is 34.8 Å². The van der Waals surface area contributed by atoms with Gasteiger partial charge in [-0.15, -0.1) is 0 Å². The molecule has 0 N–H and O–H groups in total.